The Kier molecular flexibility index (Phi) is 7.44. The highest BCUT2D eigenvalue weighted by Crippen LogP contribution is 2.40. The number of rotatable bonds is 7. The largest absolute Gasteiger partial charge is 0.505 e. The van der Waals surface area contributed by atoms with Gasteiger partial charge in [0.25, 0.3) is 16.0 Å². The van der Waals surface area contributed by atoms with Crippen molar-refractivity contribution in [2.75, 3.05) is 11.9 Å². The van der Waals surface area contributed by atoms with E-state index >= 15 is 0 Å². The zero-order chi connectivity index (χ0) is 26.7. The van der Waals surface area contributed by atoms with Crippen LogP contribution in [0.25, 0.3) is 10.8 Å². The van der Waals surface area contributed by atoms with Crippen LogP contribution in [0.3, 0.4) is 0 Å². The molecule has 37 heavy (non-hydrogen) atoms. The third-order valence-corrected chi connectivity index (χ3v) is 6.85. The van der Waals surface area contributed by atoms with Gasteiger partial charge in [-0.1, -0.05) is 41.9 Å². The lowest BCUT2D eigenvalue weighted by atomic mass is 10.0. The van der Waals surface area contributed by atoms with Crippen molar-refractivity contribution in [2.45, 2.75) is 18.7 Å². The van der Waals surface area contributed by atoms with E-state index in [0.717, 1.165) is 0 Å². The van der Waals surface area contributed by atoms with Gasteiger partial charge in [0.15, 0.2) is 5.75 Å². The molecule has 0 heterocycles. The van der Waals surface area contributed by atoms with Gasteiger partial charge in [0.2, 0.25) is 0 Å². The lowest BCUT2D eigenvalue weighted by Crippen LogP contribution is -2.12. The van der Waals surface area contributed by atoms with E-state index in [1.165, 1.54) is 19.1 Å². The van der Waals surface area contributed by atoms with Crippen molar-refractivity contribution in [3.05, 3.63) is 82.9 Å². The number of carbonyl (C=O) groups is 1. The molecule has 0 bridgehead atoms. The van der Waals surface area contributed by atoms with E-state index < -0.39 is 26.7 Å². The standard InChI is InChI=1S/C26H22ClN3O6S/c1-3-36-19-9-6-8-17(13-19)28-26(32)21-12-16-7-4-5-10-20(16)23(24(21)31)30-29-18-11-15(2)25(22(27)14-18)37(33,34)35/h4-14,31H,3H2,1-2H3,(H,28,32)(H,33,34,35). The van der Waals surface area contributed by atoms with Crippen LogP contribution in [0.4, 0.5) is 17.1 Å². The quantitative estimate of drug-likeness (QED) is 0.174. The lowest BCUT2D eigenvalue weighted by molar-refractivity contribution is 0.102. The van der Waals surface area contributed by atoms with Gasteiger partial charge in [-0.3, -0.25) is 9.35 Å². The number of azo groups is 1. The Balaban J connectivity index is 1.75. The monoisotopic (exact) mass is 539 g/mol. The molecule has 0 radical (unpaired) electrons. The van der Waals surface area contributed by atoms with Gasteiger partial charge in [-0.2, -0.15) is 13.5 Å². The number of ether oxygens (including phenoxy) is 1. The van der Waals surface area contributed by atoms with E-state index in [9.17, 15) is 22.9 Å². The van der Waals surface area contributed by atoms with Crippen molar-refractivity contribution in [3.63, 3.8) is 0 Å². The number of nitrogens with zero attached hydrogens (tertiary/aromatic N) is 2. The predicted molar refractivity (Wildman–Crippen MR) is 141 cm³/mol. The Morgan fingerprint density at radius 1 is 1.05 bits per heavy atom. The average Bonchev–Trinajstić information content (AvgIpc) is 2.82. The molecule has 0 aliphatic rings. The molecule has 4 aromatic carbocycles. The number of anilines is 1. The van der Waals surface area contributed by atoms with Crippen LogP contribution in [0.1, 0.15) is 22.8 Å². The molecule has 0 atom stereocenters. The fourth-order valence-corrected chi connectivity index (χ4v) is 5.15. The highest BCUT2D eigenvalue weighted by Gasteiger charge is 2.20. The molecular weight excluding hydrogens is 518 g/mol. The topological polar surface area (TPSA) is 138 Å². The number of aromatic hydroxyl groups is 1. The van der Waals surface area contributed by atoms with Gasteiger partial charge in [0.05, 0.1) is 22.9 Å². The number of phenols is 1. The smallest absolute Gasteiger partial charge is 0.296 e. The van der Waals surface area contributed by atoms with Crippen LogP contribution >= 0.6 is 11.6 Å². The summed E-state index contributed by atoms with van der Waals surface area (Å²) < 4.78 is 38.0. The van der Waals surface area contributed by atoms with Crippen molar-refractivity contribution in [3.8, 4) is 11.5 Å². The summed E-state index contributed by atoms with van der Waals surface area (Å²) in [5.74, 6) is -0.366. The predicted octanol–water partition coefficient (Wildman–Crippen LogP) is 6.82. The maximum absolute atomic E-state index is 13.1. The second-order valence-corrected chi connectivity index (χ2v) is 9.77. The number of halogens is 1. The maximum atomic E-state index is 13.1. The minimum Gasteiger partial charge on any atom is -0.505 e. The summed E-state index contributed by atoms with van der Waals surface area (Å²) in [6.07, 6.45) is 0. The number of aryl methyl sites for hydroxylation is 1. The fourth-order valence-electron chi connectivity index (χ4n) is 3.83. The van der Waals surface area contributed by atoms with Gasteiger partial charge in [-0.25, -0.2) is 0 Å². The molecule has 0 fully saturated rings. The molecule has 190 valence electrons. The Morgan fingerprint density at radius 2 is 1.81 bits per heavy atom. The first-order valence-corrected chi connectivity index (χ1v) is 12.9. The molecule has 0 unspecified atom stereocenters. The normalized spacial score (nSPS) is 11.7. The lowest BCUT2D eigenvalue weighted by Gasteiger charge is -2.12. The first kappa shape index (κ1) is 26.1. The number of hydrogen-bond donors (Lipinski definition) is 3. The highest BCUT2D eigenvalue weighted by atomic mass is 35.5. The zero-order valence-electron chi connectivity index (χ0n) is 19.8. The Bertz CT molecular complexity index is 1630. The van der Waals surface area contributed by atoms with Crippen LogP contribution in [0, 0.1) is 6.92 Å². The number of fused-ring (bicyclic) bond motifs is 1. The molecular formula is C26H22ClN3O6S. The zero-order valence-corrected chi connectivity index (χ0v) is 21.3. The first-order valence-electron chi connectivity index (χ1n) is 11.1. The molecule has 1 amide bonds. The van der Waals surface area contributed by atoms with Crippen molar-refractivity contribution < 1.29 is 27.6 Å². The summed E-state index contributed by atoms with van der Waals surface area (Å²) in [5.41, 5.74) is 0.849. The molecule has 0 saturated carbocycles. The number of phenolic OH excluding ortho intramolecular Hbond substituents is 1. The van der Waals surface area contributed by atoms with E-state index in [0.29, 0.717) is 28.8 Å². The van der Waals surface area contributed by atoms with Gasteiger partial charge in [-0.15, -0.1) is 5.11 Å². The number of nitrogens with one attached hydrogen (secondary N) is 1. The third-order valence-electron chi connectivity index (χ3n) is 5.38. The summed E-state index contributed by atoms with van der Waals surface area (Å²) in [6, 6.07) is 18.0. The summed E-state index contributed by atoms with van der Waals surface area (Å²) in [6.45, 7) is 3.78. The van der Waals surface area contributed by atoms with Gasteiger partial charge in [0, 0.05) is 17.1 Å². The molecule has 11 heteroatoms. The molecule has 0 saturated heterocycles. The van der Waals surface area contributed by atoms with Crippen LogP contribution in [-0.2, 0) is 10.1 Å². The SMILES string of the molecule is CCOc1cccc(NC(=O)c2cc3ccccc3c(N=Nc3cc(C)c(S(=O)(=O)O)c(Cl)c3)c2O)c1. The fraction of sp³-hybridized carbons (Fsp3) is 0.115. The van der Waals surface area contributed by atoms with Gasteiger partial charge in [-0.05, 0) is 55.1 Å². The van der Waals surface area contributed by atoms with Crippen LogP contribution in [-0.4, -0.2) is 30.6 Å². The van der Waals surface area contributed by atoms with Crippen LogP contribution in [0.15, 0.2) is 81.9 Å². The summed E-state index contributed by atoms with van der Waals surface area (Å²) in [7, 11) is -4.53. The summed E-state index contributed by atoms with van der Waals surface area (Å²) in [4.78, 5) is 12.7. The molecule has 0 aliphatic heterocycles. The molecule has 3 N–H and O–H groups in total. The number of carbonyl (C=O) groups excluding carboxylic acids is 1. The Hall–Kier alpha value is -3.99. The van der Waals surface area contributed by atoms with Crippen LogP contribution < -0.4 is 10.1 Å². The van der Waals surface area contributed by atoms with Crippen LogP contribution in [0.5, 0.6) is 11.5 Å². The summed E-state index contributed by atoms with van der Waals surface area (Å²) in [5, 5.41) is 23.0. The van der Waals surface area contributed by atoms with Crippen molar-refractivity contribution in [1.82, 2.24) is 0 Å². The molecule has 0 aromatic heterocycles. The average molecular weight is 540 g/mol. The molecule has 0 spiro atoms. The molecule has 4 rings (SSSR count). The third kappa shape index (κ3) is 5.72. The molecule has 0 aliphatic carbocycles. The van der Waals surface area contributed by atoms with E-state index in [4.69, 9.17) is 16.3 Å². The minimum atomic E-state index is -4.53. The van der Waals surface area contributed by atoms with Crippen molar-refractivity contribution in [1.29, 1.82) is 0 Å². The maximum Gasteiger partial charge on any atom is 0.296 e. The first-order chi connectivity index (χ1) is 17.6. The molecule has 9 nitrogen and oxygen atoms in total. The Labute approximate surface area is 218 Å². The van der Waals surface area contributed by atoms with Gasteiger partial charge < -0.3 is 15.2 Å². The van der Waals surface area contributed by atoms with Crippen molar-refractivity contribution >= 4 is 55.5 Å². The molecule has 4 aromatic rings. The Morgan fingerprint density at radius 3 is 2.51 bits per heavy atom. The second-order valence-electron chi connectivity index (χ2n) is 8.01. The number of hydrogen-bond acceptors (Lipinski definition) is 7. The van der Waals surface area contributed by atoms with E-state index in [2.05, 4.69) is 15.5 Å². The van der Waals surface area contributed by atoms with E-state index in [1.807, 2.05) is 6.92 Å². The highest BCUT2D eigenvalue weighted by molar-refractivity contribution is 7.86. The van der Waals surface area contributed by atoms with Gasteiger partial charge >= 0.3 is 0 Å². The van der Waals surface area contributed by atoms with Crippen molar-refractivity contribution in [2.24, 2.45) is 10.2 Å². The van der Waals surface area contributed by atoms with Gasteiger partial charge in [0.1, 0.15) is 16.3 Å². The summed E-state index contributed by atoms with van der Waals surface area (Å²) >= 11 is 6.05. The second kappa shape index (κ2) is 10.6. The van der Waals surface area contributed by atoms with E-state index in [1.54, 1.807) is 54.6 Å². The minimum absolute atomic E-state index is 0.0228. The van der Waals surface area contributed by atoms with E-state index in [-0.39, 0.29) is 27.5 Å². The van der Waals surface area contributed by atoms with Crippen LogP contribution in [0.2, 0.25) is 5.02 Å². The number of benzene rings is 4. The number of amides is 1.